The van der Waals surface area contributed by atoms with Crippen molar-refractivity contribution in [2.45, 2.75) is 45.3 Å². The van der Waals surface area contributed by atoms with Gasteiger partial charge in [-0.2, -0.15) is 4.98 Å². The van der Waals surface area contributed by atoms with Crippen LogP contribution >= 0.6 is 0 Å². The van der Waals surface area contributed by atoms with Gasteiger partial charge in [0.05, 0.1) is 5.92 Å². The quantitative estimate of drug-likeness (QED) is 0.778. The molecule has 138 valence electrons. The van der Waals surface area contributed by atoms with Crippen molar-refractivity contribution in [2.24, 2.45) is 5.92 Å². The number of aromatic nitrogens is 2. The zero-order chi connectivity index (χ0) is 18.5. The van der Waals surface area contributed by atoms with Gasteiger partial charge in [-0.25, -0.2) is 0 Å². The molecule has 0 unspecified atom stereocenters. The van der Waals surface area contributed by atoms with Crippen molar-refractivity contribution in [1.29, 1.82) is 0 Å². The molecule has 8 heteroatoms. The van der Waals surface area contributed by atoms with Crippen LogP contribution in [0.3, 0.4) is 0 Å². The first-order valence-corrected chi connectivity index (χ1v) is 8.63. The summed E-state index contributed by atoms with van der Waals surface area (Å²) in [6.07, 6.45) is 2.44. The van der Waals surface area contributed by atoms with E-state index in [1.165, 1.54) is 0 Å². The minimum Gasteiger partial charge on any atom is -0.485 e. The molecule has 1 heterocycles. The second kappa shape index (κ2) is 7.99. The second-order valence-electron chi connectivity index (χ2n) is 6.29. The fraction of sp³-hybridized carbons (Fsp3) is 0.444. The van der Waals surface area contributed by atoms with Crippen LogP contribution in [0.2, 0.25) is 0 Å². The van der Waals surface area contributed by atoms with Crippen LogP contribution in [-0.4, -0.2) is 33.2 Å². The van der Waals surface area contributed by atoms with Gasteiger partial charge in [-0.15, -0.1) is 0 Å². The minimum absolute atomic E-state index is 0.0921. The Hall–Kier alpha value is -2.90. The summed E-state index contributed by atoms with van der Waals surface area (Å²) in [5, 5.41) is 15.7. The Balaban J connectivity index is 1.50. The van der Waals surface area contributed by atoms with Crippen molar-refractivity contribution in [3.8, 4) is 5.75 Å². The number of hydrogen-bond acceptors (Lipinski definition) is 6. The Bertz CT molecular complexity index is 771. The van der Waals surface area contributed by atoms with Gasteiger partial charge in [0.25, 0.3) is 5.91 Å². The number of nitrogens with zero attached hydrogens (tertiary/aromatic N) is 2. The first kappa shape index (κ1) is 17.9. The van der Waals surface area contributed by atoms with Gasteiger partial charge < -0.3 is 19.7 Å². The predicted molar refractivity (Wildman–Crippen MR) is 90.7 cm³/mol. The Kier molecular flexibility index (Phi) is 5.50. The Morgan fingerprint density at radius 1 is 1.31 bits per heavy atom. The third kappa shape index (κ3) is 4.38. The van der Waals surface area contributed by atoms with Crippen LogP contribution in [-0.2, 0) is 17.8 Å². The van der Waals surface area contributed by atoms with E-state index < -0.39 is 5.97 Å². The Morgan fingerprint density at radius 2 is 2.08 bits per heavy atom. The molecule has 3 rings (SSSR count). The molecule has 1 saturated carbocycles. The summed E-state index contributed by atoms with van der Waals surface area (Å²) in [5.41, 5.74) is 0.504. The largest absolute Gasteiger partial charge is 0.485 e. The van der Waals surface area contributed by atoms with Crippen LogP contribution in [0.4, 0.5) is 0 Å². The summed E-state index contributed by atoms with van der Waals surface area (Å²) >= 11 is 0. The van der Waals surface area contributed by atoms with Crippen LogP contribution in [0.15, 0.2) is 28.8 Å². The van der Waals surface area contributed by atoms with E-state index >= 15 is 0 Å². The maximum absolute atomic E-state index is 12.3. The first-order valence-electron chi connectivity index (χ1n) is 8.63. The number of carboxylic acid groups (broad SMARTS) is 1. The summed E-state index contributed by atoms with van der Waals surface area (Å²) < 4.78 is 10.6. The molecule has 8 nitrogen and oxygen atoms in total. The van der Waals surface area contributed by atoms with Crippen LogP contribution in [0.25, 0.3) is 0 Å². The van der Waals surface area contributed by atoms with Crippen LogP contribution < -0.4 is 10.1 Å². The van der Waals surface area contributed by atoms with Gasteiger partial charge in [0.15, 0.2) is 6.61 Å². The maximum atomic E-state index is 12.3. The number of aliphatic carboxylic acids is 1. The van der Waals surface area contributed by atoms with E-state index in [2.05, 4.69) is 15.5 Å². The number of nitrogens with one attached hydrogen (secondary N) is 1. The lowest BCUT2D eigenvalue weighted by atomic mass is 10.1. The van der Waals surface area contributed by atoms with E-state index in [-0.39, 0.29) is 24.5 Å². The number of benzene rings is 1. The monoisotopic (exact) mass is 359 g/mol. The fourth-order valence-electron chi connectivity index (χ4n) is 2.95. The molecular formula is C18H21N3O5. The third-order valence-corrected chi connectivity index (χ3v) is 4.41. The normalized spacial score (nSPS) is 19.3. The molecule has 2 atom stereocenters. The van der Waals surface area contributed by atoms with Crippen LogP contribution in [0.5, 0.6) is 5.75 Å². The average Bonchev–Trinajstić information content (AvgIpc) is 3.29. The number of rotatable bonds is 7. The maximum Gasteiger partial charge on any atom is 0.306 e. The highest BCUT2D eigenvalue weighted by Gasteiger charge is 2.30. The summed E-state index contributed by atoms with van der Waals surface area (Å²) in [6.45, 7) is 2.11. The molecule has 0 saturated heterocycles. The molecule has 1 aromatic heterocycles. The topological polar surface area (TPSA) is 115 Å². The van der Waals surface area contributed by atoms with Crippen molar-refractivity contribution in [1.82, 2.24) is 15.5 Å². The van der Waals surface area contributed by atoms with E-state index in [0.717, 1.165) is 0 Å². The standard InChI is InChI=1S/C18H21N3O5/c1-2-16-20-15(21-26-16)10-25-14-7-4-11(5-8-14)17(22)19-13-6-3-12(9-13)18(23)24/h4-5,7-8,12-13H,2-3,6,9-10H2,1H3,(H,19,22)(H,23,24)/t12-,13+/m1/s1. The molecule has 1 aliphatic carbocycles. The lowest BCUT2D eigenvalue weighted by Gasteiger charge is -2.12. The van der Waals surface area contributed by atoms with Gasteiger partial charge in [0, 0.05) is 18.0 Å². The predicted octanol–water partition coefficient (Wildman–Crippen LogP) is 2.19. The highest BCUT2D eigenvalue weighted by molar-refractivity contribution is 5.94. The lowest BCUT2D eigenvalue weighted by Crippen LogP contribution is -2.33. The molecule has 1 fully saturated rings. The first-order chi connectivity index (χ1) is 12.5. The van der Waals surface area contributed by atoms with Gasteiger partial charge in [-0.05, 0) is 43.5 Å². The molecule has 1 amide bonds. The van der Waals surface area contributed by atoms with Crippen molar-refractivity contribution >= 4 is 11.9 Å². The Labute approximate surface area is 150 Å². The smallest absolute Gasteiger partial charge is 0.306 e. The highest BCUT2D eigenvalue weighted by atomic mass is 16.5. The molecule has 0 bridgehead atoms. The minimum atomic E-state index is -0.795. The van der Waals surface area contributed by atoms with E-state index in [1.54, 1.807) is 24.3 Å². The van der Waals surface area contributed by atoms with Crippen molar-refractivity contribution in [2.75, 3.05) is 0 Å². The highest BCUT2D eigenvalue weighted by Crippen LogP contribution is 2.26. The van der Waals surface area contributed by atoms with Crippen LogP contribution in [0.1, 0.15) is 48.3 Å². The lowest BCUT2D eigenvalue weighted by molar-refractivity contribution is -0.141. The van der Waals surface area contributed by atoms with Gasteiger partial charge in [-0.3, -0.25) is 9.59 Å². The molecule has 0 aliphatic heterocycles. The second-order valence-corrected chi connectivity index (χ2v) is 6.29. The SMILES string of the molecule is CCc1nc(COc2ccc(C(=O)N[C@H]3CC[C@@H](C(=O)O)C3)cc2)no1. The Morgan fingerprint density at radius 3 is 2.69 bits per heavy atom. The fourth-order valence-corrected chi connectivity index (χ4v) is 2.95. The van der Waals surface area contributed by atoms with Crippen molar-refractivity contribution < 1.29 is 24.0 Å². The molecule has 26 heavy (non-hydrogen) atoms. The van der Waals surface area contributed by atoms with Gasteiger partial charge in [-0.1, -0.05) is 12.1 Å². The van der Waals surface area contributed by atoms with Crippen LogP contribution in [0, 0.1) is 5.92 Å². The molecular weight excluding hydrogens is 338 g/mol. The zero-order valence-corrected chi connectivity index (χ0v) is 14.5. The number of hydrogen-bond donors (Lipinski definition) is 2. The van der Waals surface area contributed by atoms with Gasteiger partial charge in [0.1, 0.15) is 5.75 Å². The third-order valence-electron chi connectivity index (χ3n) is 4.41. The number of carbonyl (C=O) groups excluding carboxylic acids is 1. The number of amides is 1. The molecule has 2 aromatic rings. The molecule has 1 aromatic carbocycles. The van der Waals surface area contributed by atoms with E-state index in [9.17, 15) is 9.59 Å². The van der Waals surface area contributed by atoms with Gasteiger partial charge >= 0.3 is 5.97 Å². The number of carbonyl (C=O) groups is 2. The molecule has 1 aliphatic rings. The number of carboxylic acids is 1. The summed E-state index contributed by atoms with van der Waals surface area (Å²) in [5.74, 6) is 0.255. The van der Waals surface area contributed by atoms with E-state index in [0.29, 0.717) is 48.7 Å². The van der Waals surface area contributed by atoms with Crippen molar-refractivity contribution in [3.63, 3.8) is 0 Å². The molecule has 2 N–H and O–H groups in total. The molecule has 0 radical (unpaired) electrons. The number of ether oxygens (including phenoxy) is 1. The summed E-state index contributed by atoms with van der Waals surface area (Å²) in [6, 6.07) is 6.64. The zero-order valence-electron chi connectivity index (χ0n) is 14.5. The average molecular weight is 359 g/mol. The van der Waals surface area contributed by atoms with E-state index in [1.807, 2.05) is 6.92 Å². The summed E-state index contributed by atoms with van der Waals surface area (Å²) in [4.78, 5) is 27.4. The summed E-state index contributed by atoms with van der Waals surface area (Å²) in [7, 11) is 0. The van der Waals surface area contributed by atoms with Crippen molar-refractivity contribution in [3.05, 3.63) is 41.5 Å². The number of aryl methyl sites for hydroxylation is 1. The molecule has 0 spiro atoms. The van der Waals surface area contributed by atoms with Gasteiger partial charge in [0.2, 0.25) is 11.7 Å². The van der Waals surface area contributed by atoms with E-state index in [4.69, 9.17) is 14.4 Å².